The summed E-state index contributed by atoms with van der Waals surface area (Å²) >= 11 is 6.32. The minimum absolute atomic E-state index is 0.222. The van der Waals surface area contributed by atoms with E-state index in [4.69, 9.17) is 23.2 Å². The fraction of sp³-hybridized carbons (Fsp3) is 0.190. The molecule has 0 bridgehead atoms. The highest BCUT2D eigenvalue weighted by molar-refractivity contribution is 6.33. The topological polar surface area (TPSA) is 128 Å². The number of aromatic hydroxyl groups is 1. The lowest BCUT2D eigenvalue weighted by Crippen LogP contribution is -2.20. The molecule has 5 rings (SSSR count). The molecule has 0 atom stereocenters. The van der Waals surface area contributed by atoms with Crippen LogP contribution < -0.4 is 21.7 Å². The number of hydrogen-bond donors (Lipinski definition) is 4. The van der Waals surface area contributed by atoms with E-state index < -0.39 is 5.69 Å². The second kappa shape index (κ2) is 7.86. The van der Waals surface area contributed by atoms with Crippen LogP contribution in [0.25, 0.3) is 16.6 Å². The van der Waals surface area contributed by atoms with Gasteiger partial charge in [0.1, 0.15) is 11.5 Å². The van der Waals surface area contributed by atoms with E-state index in [2.05, 4.69) is 30.2 Å². The van der Waals surface area contributed by atoms with E-state index in [1.165, 1.54) is 12.8 Å². The van der Waals surface area contributed by atoms with E-state index in [1.54, 1.807) is 41.1 Å². The van der Waals surface area contributed by atoms with Crippen molar-refractivity contribution < 1.29 is 5.11 Å². The number of aromatic amines is 2. The van der Waals surface area contributed by atoms with E-state index in [0.29, 0.717) is 51.0 Å². The van der Waals surface area contributed by atoms with Gasteiger partial charge in [-0.1, -0.05) is 17.7 Å². The lowest BCUT2D eigenvalue weighted by Gasteiger charge is -2.08. The fourth-order valence-electron chi connectivity index (χ4n) is 3.23. The minimum Gasteiger partial charge on any atom is -0.493 e. The number of halogens is 1. The summed E-state index contributed by atoms with van der Waals surface area (Å²) in [6.07, 6.45) is 5.51. The van der Waals surface area contributed by atoms with Crippen LogP contribution in [0.2, 0.25) is 5.02 Å². The number of fused-ring (bicyclic) bond motifs is 1. The van der Waals surface area contributed by atoms with Crippen molar-refractivity contribution in [2.45, 2.75) is 12.8 Å². The second-order valence-electron chi connectivity index (χ2n) is 7.51. The van der Waals surface area contributed by atoms with Crippen LogP contribution >= 0.6 is 11.6 Å². The first-order chi connectivity index (χ1) is 15.5. The molecule has 1 aromatic carbocycles. The van der Waals surface area contributed by atoms with Crippen molar-refractivity contribution in [2.24, 2.45) is 10.9 Å². The number of nitrogens with zero attached hydrogens (tertiary/aromatic N) is 5. The third-order valence-corrected chi connectivity index (χ3v) is 5.38. The Kier molecular flexibility index (Phi) is 4.88. The zero-order chi connectivity index (χ0) is 22.2. The maximum atomic E-state index is 11.5. The van der Waals surface area contributed by atoms with Crippen molar-refractivity contribution in [3.63, 3.8) is 0 Å². The van der Waals surface area contributed by atoms with Crippen molar-refractivity contribution in [3.05, 3.63) is 73.8 Å². The molecule has 0 amide bonds. The highest BCUT2D eigenvalue weighted by Gasteiger charge is 2.20. The first-order valence-electron chi connectivity index (χ1n) is 9.86. The van der Waals surface area contributed by atoms with Gasteiger partial charge in [0.15, 0.2) is 16.8 Å². The van der Waals surface area contributed by atoms with Crippen LogP contribution in [-0.2, 0) is 0 Å². The Morgan fingerprint density at radius 2 is 2.22 bits per heavy atom. The van der Waals surface area contributed by atoms with Crippen LogP contribution in [0.4, 0.5) is 17.2 Å². The molecule has 0 unspecified atom stereocenters. The second-order valence-corrected chi connectivity index (χ2v) is 7.91. The summed E-state index contributed by atoms with van der Waals surface area (Å²) in [4.78, 5) is 29.0. The monoisotopic (exact) mass is 448 g/mol. The standard InChI is InChI=1S/C21H17ClN8O2/c1-23-13-4-5-15(14(22)7-13)26-17-8-18(24-9-11-2-3-11)30-19(28-17)12(10-25-30)6-16-20(31)29-21(32)27-16/h4-8,10-11,26,31H,2-3,9H2,(H2,27,29,32). The van der Waals surface area contributed by atoms with Gasteiger partial charge in [0, 0.05) is 17.8 Å². The number of hydrogen-bond acceptors (Lipinski definition) is 6. The number of nitrogens with one attached hydrogen (secondary N) is 3. The molecule has 11 heteroatoms. The Balaban J connectivity index is 1.64. The molecule has 3 heterocycles. The molecule has 1 aliphatic carbocycles. The van der Waals surface area contributed by atoms with E-state index in [9.17, 15) is 9.90 Å². The summed E-state index contributed by atoms with van der Waals surface area (Å²) in [5, 5.41) is 18.5. The summed E-state index contributed by atoms with van der Waals surface area (Å²) in [6.45, 7) is 7.82. The number of rotatable bonds is 5. The quantitative estimate of drug-likeness (QED) is 0.348. The van der Waals surface area contributed by atoms with Gasteiger partial charge in [-0.25, -0.2) is 14.6 Å². The summed E-state index contributed by atoms with van der Waals surface area (Å²) in [6, 6.07) is 6.74. The number of benzene rings is 1. The van der Waals surface area contributed by atoms with Crippen LogP contribution in [0.3, 0.4) is 0 Å². The van der Waals surface area contributed by atoms with Gasteiger partial charge in [-0.3, -0.25) is 9.98 Å². The van der Waals surface area contributed by atoms with Crippen LogP contribution in [0.15, 0.2) is 40.2 Å². The molecule has 160 valence electrons. The van der Waals surface area contributed by atoms with Crippen LogP contribution in [0.1, 0.15) is 18.5 Å². The number of H-pyrrole nitrogens is 2. The van der Waals surface area contributed by atoms with Gasteiger partial charge in [0.2, 0.25) is 5.88 Å². The minimum atomic E-state index is -0.516. The molecule has 4 aromatic rings. The zero-order valence-corrected chi connectivity index (χ0v) is 17.4. The first kappa shape index (κ1) is 19.8. The molecule has 0 spiro atoms. The van der Waals surface area contributed by atoms with Crippen molar-refractivity contribution >= 4 is 40.5 Å². The van der Waals surface area contributed by atoms with E-state index in [-0.39, 0.29) is 11.6 Å². The third-order valence-electron chi connectivity index (χ3n) is 5.07. The molecule has 32 heavy (non-hydrogen) atoms. The Morgan fingerprint density at radius 1 is 1.38 bits per heavy atom. The highest BCUT2D eigenvalue weighted by atomic mass is 35.5. The maximum absolute atomic E-state index is 11.5. The lowest BCUT2D eigenvalue weighted by atomic mass is 10.3. The number of aromatic nitrogens is 5. The Hall–Kier alpha value is -4.10. The van der Waals surface area contributed by atoms with E-state index >= 15 is 0 Å². The average molecular weight is 449 g/mol. The molecule has 1 fully saturated rings. The molecular weight excluding hydrogens is 432 g/mol. The van der Waals surface area contributed by atoms with Crippen LogP contribution in [0.5, 0.6) is 5.88 Å². The molecule has 10 nitrogen and oxygen atoms in total. The largest absolute Gasteiger partial charge is 0.493 e. The molecule has 3 aromatic heterocycles. The normalized spacial score (nSPS) is 14.8. The highest BCUT2D eigenvalue weighted by Crippen LogP contribution is 2.29. The summed E-state index contributed by atoms with van der Waals surface area (Å²) < 4.78 is 1.62. The van der Waals surface area contributed by atoms with Crippen LogP contribution in [-0.4, -0.2) is 36.2 Å². The predicted molar refractivity (Wildman–Crippen MR) is 119 cm³/mol. The SMILES string of the molecule is [C-]#[N+]c1ccc(Nc2cc(=NCC3CC3)n3ncc(=Cc4[nH]c(=O)[nH]c4O)c3n2)c(Cl)c1. The molecule has 0 aliphatic heterocycles. The van der Waals surface area contributed by atoms with Crippen molar-refractivity contribution in [3.8, 4) is 5.88 Å². The van der Waals surface area contributed by atoms with Gasteiger partial charge >= 0.3 is 5.69 Å². The third kappa shape index (κ3) is 3.93. The predicted octanol–water partition coefficient (Wildman–Crippen LogP) is 2.26. The maximum Gasteiger partial charge on any atom is 0.326 e. The smallest absolute Gasteiger partial charge is 0.326 e. The van der Waals surface area contributed by atoms with Crippen molar-refractivity contribution in [2.75, 3.05) is 11.9 Å². The Labute approximate surface area is 185 Å². The molecule has 4 N–H and O–H groups in total. The molecule has 0 radical (unpaired) electrons. The molecule has 1 saturated carbocycles. The van der Waals surface area contributed by atoms with E-state index in [1.807, 2.05) is 0 Å². The summed E-state index contributed by atoms with van der Waals surface area (Å²) in [5.74, 6) is 0.814. The van der Waals surface area contributed by atoms with Gasteiger partial charge < -0.3 is 15.4 Å². The molecular formula is C21H17ClN8O2. The lowest BCUT2D eigenvalue weighted by molar-refractivity contribution is 0.454. The summed E-state index contributed by atoms with van der Waals surface area (Å²) in [7, 11) is 0. The van der Waals surface area contributed by atoms with Gasteiger partial charge in [-0.05, 0) is 37.0 Å². The Morgan fingerprint density at radius 3 is 2.91 bits per heavy atom. The molecule has 0 saturated heterocycles. The van der Waals surface area contributed by atoms with Gasteiger partial charge in [-0.15, -0.1) is 0 Å². The number of imidazole rings is 1. The van der Waals surface area contributed by atoms with Gasteiger partial charge in [0.25, 0.3) is 0 Å². The average Bonchev–Trinajstić information content (AvgIpc) is 3.44. The summed E-state index contributed by atoms with van der Waals surface area (Å²) in [5.41, 5.74) is 1.85. The Bertz CT molecular complexity index is 1560. The number of anilines is 2. The van der Waals surface area contributed by atoms with Crippen molar-refractivity contribution in [1.82, 2.24) is 24.6 Å². The van der Waals surface area contributed by atoms with E-state index in [0.717, 1.165) is 0 Å². The van der Waals surface area contributed by atoms with Gasteiger partial charge in [0.05, 0.1) is 23.5 Å². The molecule has 1 aliphatic rings. The van der Waals surface area contributed by atoms with Crippen LogP contribution in [0, 0.1) is 12.5 Å². The fourth-order valence-corrected chi connectivity index (χ4v) is 3.45. The first-order valence-corrected chi connectivity index (χ1v) is 10.2. The zero-order valence-electron chi connectivity index (χ0n) is 16.6. The van der Waals surface area contributed by atoms with Crippen molar-refractivity contribution in [1.29, 1.82) is 0 Å². The van der Waals surface area contributed by atoms with Gasteiger partial charge in [-0.2, -0.15) is 9.61 Å².